The van der Waals surface area contributed by atoms with Gasteiger partial charge in [0.2, 0.25) is 0 Å². The van der Waals surface area contributed by atoms with Crippen molar-refractivity contribution < 1.29 is 0 Å². The molecule has 5 aliphatic heterocycles. The molecule has 0 aromatic heterocycles. The Kier molecular flexibility index (Phi) is 5.24. The van der Waals surface area contributed by atoms with Gasteiger partial charge < -0.3 is 19.6 Å². The minimum Gasteiger partial charge on any atom is -0.334 e. The van der Waals surface area contributed by atoms with Crippen molar-refractivity contribution in [2.24, 2.45) is 20.0 Å². The topological polar surface area (TPSA) is 62.4 Å². The largest absolute Gasteiger partial charge is 0.334 e. The first-order chi connectivity index (χ1) is 21.5. The number of rotatable bonds is 0. The highest BCUT2D eigenvalue weighted by molar-refractivity contribution is 6.09. The molecule has 0 fully saturated rings. The highest BCUT2D eigenvalue weighted by Crippen LogP contribution is 2.44. The zero-order chi connectivity index (χ0) is 29.7. The Morgan fingerprint density at radius 2 is 0.545 bits per heavy atom. The summed E-state index contributed by atoms with van der Waals surface area (Å²) in [5, 5.41) is 0. The maximum absolute atomic E-state index is 5.49. The zero-order valence-electron chi connectivity index (χ0n) is 25.1. The Labute approximate surface area is 257 Å². The van der Waals surface area contributed by atoms with Crippen LogP contribution in [0, 0.1) is 0 Å². The van der Waals surface area contributed by atoms with Gasteiger partial charge in [0.25, 0.3) is 0 Å². The van der Waals surface area contributed by atoms with Crippen LogP contribution in [0.5, 0.6) is 0 Å². The van der Waals surface area contributed by atoms with Crippen molar-refractivity contribution in [1.29, 1.82) is 0 Å². The number of aliphatic imine (C=N–C) groups is 4. The number of hydrogen-bond donors (Lipinski definition) is 0. The van der Waals surface area contributed by atoms with Gasteiger partial charge in [0, 0.05) is 72.7 Å². The molecule has 0 spiro atoms. The van der Waals surface area contributed by atoms with E-state index in [0.717, 1.165) is 67.9 Å². The van der Waals surface area contributed by atoms with Gasteiger partial charge in [-0.3, -0.25) is 0 Å². The van der Waals surface area contributed by atoms with E-state index in [1.165, 1.54) is 0 Å². The first-order valence-corrected chi connectivity index (χ1v) is 15.1. The molecule has 4 atom stereocenters. The first-order valence-electron chi connectivity index (χ1n) is 15.1. The smallest absolute Gasteiger partial charge is 0.151 e. The van der Waals surface area contributed by atoms with Gasteiger partial charge >= 0.3 is 0 Å². The van der Waals surface area contributed by atoms with E-state index in [1.807, 2.05) is 0 Å². The number of nitrogens with zero attached hydrogens (tertiary/aromatic N) is 8. The molecule has 5 heterocycles. The average molecular weight is 577 g/mol. The van der Waals surface area contributed by atoms with Gasteiger partial charge in [-0.25, -0.2) is 20.0 Å². The summed E-state index contributed by atoms with van der Waals surface area (Å²) in [5.74, 6) is 3.74. The summed E-state index contributed by atoms with van der Waals surface area (Å²) in [6, 6.07) is 34.1. The number of hydrogen-bond acceptors (Lipinski definition) is 8. The lowest BCUT2D eigenvalue weighted by Crippen LogP contribution is -2.32. The van der Waals surface area contributed by atoms with Crippen molar-refractivity contribution in [3.05, 3.63) is 142 Å². The van der Waals surface area contributed by atoms with Gasteiger partial charge in [-0.15, -0.1) is 0 Å². The molecule has 8 bridgehead atoms. The summed E-state index contributed by atoms with van der Waals surface area (Å²) in [6.07, 6.45) is -0.874. The predicted molar refractivity (Wildman–Crippen MR) is 174 cm³/mol. The van der Waals surface area contributed by atoms with E-state index in [9.17, 15) is 0 Å². The van der Waals surface area contributed by atoms with Crippen LogP contribution >= 0.6 is 0 Å². The van der Waals surface area contributed by atoms with Crippen LogP contribution in [-0.4, -0.2) is 71.1 Å². The lowest BCUT2D eigenvalue weighted by Gasteiger charge is -2.27. The Hall–Kier alpha value is -5.24. The average Bonchev–Trinajstić information content (AvgIpc) is 3.67. The van der Waals surface area contributed by atoms with E-state index in [2.05, 4.69) is 145 Å². The van der Waals surface area contributed by atoms with Crippen molar-refractivity contribution in [3.63, 3.8) is 0 Å². The van der Waals surface area contributed by atoms with Crippen molar-refractivity contribution >= 4 is 23.3 Å². The van der Waals surface area contributed by atoms with Crippen LogP contribution in [0.25, 0.3) is 0 Å². The normalized spacial score (nSPS) is 29.0. The summed E-state index contributed by atoms with van der Waals surface area (Å²) < 4.78 is 0. The van der Waals surface area contributed by atoms with Crippen LogP contribution in [0.15, 0.2) is 117 Å². The van der Waals surface area contributed by atoms with E-state index < -0.39 is 0 Å². The van der Waals surface area contributed by atoms with E-state index in [1.54, 1.807) is 0 Å². The number of amidine groups is 4. The fraction of sp³-hybridized carbons (Fsp3) is 0.222. The van der Waals surface area contributed by atoms with Crippen molar-refractivity contribution in [3.8, 4) is 0 Å². The third-order valence-corrected chi connectivity index (χ3v) is 9.70. The van der Waals surface area contributed by atoms with Crippen molar-refractivity contribution in [2.45, 2.75) is 24.7 Å². The molecule has 44 heavy (non-hydrogen) atoms. The van der Waals surface area contributed by atoms with E-state index in [0.29, 0.717) is 0 Å². The van der Waals surface area contributed by atoms with Gasteiger partial charge in [0.1, 0.15) is 23.3 Å². The van der Waals surface area contributed by atoms with E-state index in [-0.39, 0.29) is 24.7 Å². The molecular weight excluding hydrogens is 544 g/mol. The summed E-state index contributed by atoms with van der Waals surface area (Å²) in [7, 11) is 8.43. The highest BCUT2D eigenvalue weighted by Gasteiger charge is 2.42. The van der Waals surface area contributed by atoms with E-state index in [4.69, 9.17) is 20.0 Å². The fourth-order valence-corrected chi connectivity index (χ4v) is 7.49. The van der Waals surface area contributed by atoms with E-state index >= 15 is 0 Å². The molecule has 0 amide bonds. The summed E-state index contributed by atoms with van der Waals surface area (Å²) in [6.45, 7) is 0. The van der Waals surface area contributed by atoms with Crippen LogP contribution in [0.3, 0.4) is 0 Å². The Bertz CT molecular complexity index is 1700. The molecule has 4 unspecified atom stereocenters. The second-order valence-corrected chi connectivity index (χ2v) is 12.1. The van der Waals surface area contributed by atoms with Crippen LogP contribution in [0.1, 0.15) is 69.2 Å². The highest BCUT2D eigenvalue weighted by atomic mass is 15.4. The molecule has 0 N–H and O–H groups in total. The van der Waals surface area contributed by atoms with Gasteiger partial charge in [0.05, 0.1) is 0 Å². The SMILES string of the molecule is CN1/C2=N\C3c4ccccc4/C(=N/C4c5ccccc5/C(=N/C5c6ccccc6/C(=N/C1c1ccccc12)N5C)N4C)N3C. The van der Waals surface area contributed by atoms with Crippen LogP contribution in [0.2, 0.25) is 0 Å². The van der Waals surface area contributed by atoms with Gasteiger partial charge in [0.15, 0.2) is 24.7 Å². The molecule has 8 heteroatoms. The lowest BCUT2D eigenvalue weighted by molar-refractivity contribution is 0.353. The molecular formula is C36H32N8. The molecule has 0 aliphatic carbocycles. The Balaban J connectivity index is 1.34. The van der Waals surface area contributed by atoms with Gasteiger partial charge in [-0.1, -0.05) is 97.1 Å². The van der Waals surface area contributed by atoms with Gasteiger partial charge in [-0.2, -0.15) is 0 Å². The lowest BCUT2D eigenvalue weighted by atomic mass is 10.1. The fourth-order valence-electron chi connectivity index (χ4n) is 7.49. The van der Waals surface area contributed by atoms with Crippen LogP contribution in [-0.2, 0) is 0 Å². The van der Waals surface area contributed by atoms with Crippen molar-refractivity contribution in [2.75, 3.05) is 28.2 Å². The number of fused-ring (bicyclic) bond motifs is 20. The minimum atomic E-state index is -0.218. The van der Waals surface area contributed by atoms with Gasteiger partial charge in [-0.05, 0) is 0 Å². The zero-order valence-corrected chi connectivity index (χ0v) is 25.1. The molecule has 5 aliphatic rings. The van der Waals surface area contributed by atoms with Crippen LogP contribution in [0.4, 0.5) is 0 Å². The maximum atomic E-state index is 5.49. The first kappa shape index (κ1) is 25.3. The molecule has 0 saturated heterocycles. The summed E-state index contributed by atoms with van der Waals surface area (Å²) in [5.41, 5.74) is 9.07. The Morgan fingerprint density at radius 1 is 0.341 bits per heavy atom. The molecule has 216 valence electrons. The molecule has 0 saturated carbocycles. The Morgan fingerprint density at radius 3 is 0.773 bits per heavy atom. The molecule has 0 radical (unpaired) electrons. The summed E-state index contributed by atoms with van der Waals surface area (Å²) >= 11 is 0. The second-order valence-electron chi connectivity index (χ2n) is 12.1. The molecule has 9 rings (SSSR count). The monoisotopic (exact) mass is 576 g/mol. The maximum Gasteiger partial charge on any atom is 0.151 e. The molecule has 4 aromatic carbocycles. The minimum absolute atomic E-state index is 0.218. The predicted octanol–water partition coefficient (Wildman–Crippen LogP) is 5.56. The molecule has 8 nitrogen and oxygen atoms in total. The van der Waals surface area contributed by atoms with Crippen molar-refractivity contribution in [1.82, 2.24) is 19.6 Å². The quantitative estimate of drug-likeness (QED) is 0.275. The third-order valence-electron chi connectivity index (χ3n) is 9.70. The molecule has 4 aromatic rings. The van der Waals surface area contributed by atoms with Crippen LogP contribution < -0.4 is 0 Å². The number of benzene rings is 4. The standard InChI is InChI=1S/C36H32N8/c1-41-29-21-13-5-6-14-22(21)30(41)38-32-24-16-8-10-18-26(24)34(43(32)3)40-36-28-20-12-11-19-27(28)35(44(36)4)39-33-25-17-9-7-15-23(25)31(37-29)42(33)2/h5-20,29,32-33,36H,1-4H3/b37-31-,38-30-,39-35-,40-34-. The summed E-state index contributed by atoms with van der Waals surface area (Å²) in [4.78, 5) is 30.8. The third kappa shape index (κ3) is 3.33. The second kappa shape index (κ2) is 9.13.